The Balaban J connectivity index is 0.000000441. The van der Waals surface area contributed by atoms with Gasteiger partial charge in [0.2, 0.25) is 5.88 Å². The van der Waals surface area contributed by atoms with Crippen LogP contribution >= 0.6 is 0 Å². The van der Waals surface area contributed by atoms with Crippen LogP contribution < -0.4 is 26.8 Å². The minimum Gasteiger partial charge on any atom is -0.471 e. The van der Waals surface area contributed by atoms with E-state index in [1.807, 2.05) is 40.9 Å². The second-order valence-electron chi connectivity index (χ2n) is 18.2. The number of aryl methyl sites for hydroxylation is 1. The number of hydrogen-bond acceptors (Lipinski definition) is 12. The number of aromatic nitrogens is 9. The fourth-order valence-electron chi connectivity index (χ4n) is 7.22. The molecule has 21 nitrogen and oxygen atoms in total. The van der Waals surface area contributed by atoms with Gasteiger partial charge >= 0.3 is 12.2 Å². The van der Waals surface area contributed by atoms with Crippen molar-refractivity contribution in [3.8, 4) is 17.1 Å². The number of aromatic amines is 1. The van der Waals surface area contributed by atoms with Gasteiger partial charge < -0.3 is 41.4 Å². The van der Waals surface area contributed by atoms with E-state index in [2.05, 4.69) is 51.1 Å². The molecule has 4 fully saturated rings. The van der Waals surface area contributed by atoms with Crippen molar-refractivity contribution in [1.82, 2.24) is 55.0 Å². The first-order valence-electron chi connectivity index (χ1n) is 22.3. The van der Waals surface area contributed by atoms with Crippen LogP contribution in [0.4, 0.5) is 30.0 Å². The second-order valence-corrected chi connectivity index (χ2v) is 18.2. The Labute approximate surface area is 385 Å². The number of rotatable bonds is 14. The predicted octanol–water partition coefficient (Wildman–Crippen LogP) is 6.58. The summed E-state index contributed by atoms with van der Waals surface area (Å²) >= 11 is 0. The fourth-order valence-corrected chi connectivity index (χ4v) is 7.22. The van der Waals surface area contributed by atoms with Crippen molar-refractivity contribution in [2.75, 3.05) is 13.2 Å². The molecule has 23 heteroatoms. The monoisotopic (exact) mass is 931 g/mol. The quantitative estimate of drug-likeness (QED) is 0.0508. The van der Waals surface area contributed by atoms with Gasteiger partial charge in [0.15, 0.2) is 24.1 Å². The molecule has 0 spiro atoms. The number of carbonyl (C=O) groups excluding carboxylic acids is 1. The Kier molecular flexibility index (Phi) is 14.6. The molecule has 5 aromatic rings. The number of nitrogens with two attached hydrogens (primary N) is 2. The van der Waals surface area contributed by atoms with Gasteiger partial charge in [0.05, 0.1) is 42.1 Å². The van der Waals surface area contributed by atoms with Crippen LogP contribution in [0.2, 0.25) is 0 Å². The third kappa shape index (κ3) is 13.4. The molecule has 1 saturated heterocycles. The smallest absolute Gasteiger partial charge is 0.407 e. The van der Waals surface area contributed by atoms with E-state index in [1.165, 1.54) is 42.9 Å². The molecule has 1 aliphatic heterocycles. The summed E-state index contributed by atoms with van der Waals surface area (Å²) in [6.45, 7) is 6.85. The molecule has 0 aromatic carbocycles. The number of ether oxygens (including phenoxy) is 3. The molecule has 0 bridgehead atoms. The largest absolute Gasteiger partial charge is 0.471 e. The number of alkyl halides is 2. The summed E-state index contributed by atoms with van der Waals surface area (Å²) in [7, 11) is 1.81. The minimum absolute atomic E-state index is 0.0195. The van der Waals surface area contributed by atoms with E-state index in [0.29, 0.717) is 29.1 Å². The zero-order valence-electron chi connectivity index (χ0n) is 38.3. The highest BCUT2D eigenvalue weighted by Crippen LogP contribution is 2.36. The van der Waals surface area contributed by atoms with Crippen LogP contribution in [0.3, 0.4) is 0 Å². The molecule has 2 atom stereocenters. The minimum atomic E-state index is -2.72. The normalized spacial score (nSPS) is 19.7. The van der Waals surface area contributed by atoms with Crippen LogP contribution in [0.15, 0.2) is 65.1 Å². The maximum Gasteiger partial charge on any atom is 0.407 e. The number of carbonyl (C=O) groups is 2. The molecule has 0 radical (unpaired) electrons. The van der Waals surface area contributed by atoms with Crippen molar-refractivity contribution in [3.05, 3.63) is 66.5 Å². The van der Waals surface area contributed by atoms with E-state index >= 15 is 0 Å². The number of nitrogens with zero attached hydrogens (tertiary/aromatic N) is 10. The van der Waals surface area contributed by atoms with Gasteiger partial charge in [-0.2, -0.15) is 15.3 Å². The molecule has 6 heterocycles. The number of fused-ring (bicyclic) bond motifs is 1. The highest BCUT2D eigenvalue weighted by atomic mass is 19.3. The molecule has 3 aliphatic carbocycles. The van der Waals surface area contributed by atoms with E-state index in [4.69, 9.17) is 30.8 Å². The molecule has 67 heavy (non-hydrogen) atoms. The lowest BCUT2D eigenvalue weighted by Gasteiger charge is -2.23. The fraction of sp³-hybridized carbons (Fsp3) is 0.523. The number of hydrogen-bond donors (Lipinski definition) is 6. The lowest BCUT2D eigenvalue weighted by Crippen LogP contribution is -2.37. The van der Waals surface area contributed by atoms with Crippen LogP contribution in [0.1, 0.15) is 109 Å². The van der Waals surface area contributed by atoms with E-state index in [9.17, 15) is 18.4 Å². The van der Waals surface area contributed by atoms with Crippen molar-refractivity contribution < 1.29 is 37.7 Å². The standard InChI is InChI=1S/C34H40F2N14O4.C5H9NO2.C5H10/c1-33(2,7-5-27(37)42-31-23-6-10-39-49(23)16-22(41-31)19-14-40-48(4)15-19)50-24(13-29(47-50)53-18-26(35)36)30(38)43-28-12-21(45-46-28)25-11-20(17-52-25)54-32(51)44-34(3)8-9-34;1-5(2-3-5)6-4(7)8;1-2-4-5-3-1/h5-7,10,12-16,20,25-26H,8-9,11,17-18H2,1-4H3,(H,44,51)(H2,37,41,42)(H3,38,43,45,46);6H,2-3H2,1H3,(H,7,8);1-5H2/b7-5-;;. The summed E-state index contributed by atoms with van der Waals surface area (Å²) in [6, 6.07) is 4.85. The Bertz CT molecular complexity index is 2590. The Hall–Kier alpha value is -6.91. The van der Waals surface area contributed by atoms with Crippen molar-refractivity contribution in [2.24, 2.45) is 28.5 Å². The third-order valence-electron chi connectivity index (χ3n) is 11.6. The van der Waals surface area contributed by atoms with Gasteiger partial charge in [-0.15, -0.1) is 5.10 Å². The maximum atomic E-state index is 13.1. The van der Waals surface area contributed by atoms with Crippen LogP contribution in [0, 0.1) is 0 Å². The topological polar surface area (TPSA) is 277 Å². The lowest BCUT2D eigenvalue weighted by atomic mass is 10.0. The number of amidine groups is 2. The first-order chi connectivity index (χ1) is 31.9. The summed E-state index contributed by atoms with van der Waals surface area (Å²) in [6.07, 6.45) is 17.0. The summed E-state index contributed by atoms with van der Waals surface area (Å²) in [5.74, 6) is 0.586. The molecule has 8 N–H and O–H groups in total. The number of halogens is 2. The molecule has 9 rings (SSSR count). The summed E-state index contributed by atoms with van der Waals surface area (Å²) in [4.78, 5) is 35.9. The van der Waals surface area contributed by atoms with E-state index in [-0.39, 0.29) is 46.7 Å². The Morgan fingerprint density at radius 2 is 1.76 bits per heavy atom. The van der Waals surface area contributed by atoms with Gasteiger partial charge in [-0.05, 0) is 65.5 Å². The van der Waals surface area contributed by atoms with E-state index in [0.717, 1.165) is 31.2 Å². The highest BCUT2D eigenvalue weighted by Gasteiger charge is 2.41. The van der Waals surface area contributed by atoms with Gasteiger partial charge in [-0.25, -0.2) is 42.5 Å². The number of amides is 2. The van der Waals surface area contributed by atoms with Crippen molar-refractivity contribution in [2.45, 2.75) is 127 Å². The Morgan fingerprint density at radius 3 is 2.39 bits per heavy atom. The van der Waals surface area contributed by atoms with Crippen molar-refractivity contribution >= 4 is 41.0 Å². The molecule has 2 unspecified atom stereocenters. The van der Waals surface area contributed by atoms with Crippen LogP contribution in [-0.2, 0) is 22.1 Å². The van der Waals surface area contributed by atoms with Gasteiger partial charge in [-0.1, -0.05) is 38.2 Å². The molecular formula is C44H59F2N15O6. The molecular weight excluding hydrogens is 873 g/mol. The molecule has 3 saturated carbocycles. The second kappa shape index (κ2) is 20.3. The molecule has 2 amide bonds. The van der Waals surface area contributed by atoms with Gasteiger partial charge in [-0.3, -0.25) is 9.78 Å². The summed E-state index contributed by atoms with van der Waals surface area (Å²) in [5.41, 5.74) is 14.5. The van der Waals surface area contributed by atoms with Crippen molar-refractivity contribution in [3.63, 3.8) is 0 Å². The van der Waals surface area contributed by atoms with Gasteiger partial charge in [0.25, 0.3) is 6.43 Å². The van der Waals surface area contributed by atoms with Crippen molar-refractivity contribution in [1.29, 1.82) is 0 Å². The molecule has 4 aliphatic rings. The van der Waals surface area contributed by atoms with Crippen LogP contribution in [-0.4, -0.2) is 110 Å². The average Bonchev–Trinajstić information content (AvgIpc) is 3.88. The first kappa shape index (κ1) is 48.0. The number of alkyl carbamates (subject to hydrolysis) is 1. The number of H-pyrrole nitrogens is 1. The number of allylic oxidation sites excluding steroid dienone is 1. The van der Waals surface area contributed by atoms with Crippen LogP contribution in [0.5, 0.6) is 5.88 Å². The zero-order chi connectivity index (χ0) is 47.9. The molecule has 360 valence electrons. The van der Waals surface area contributed by atoms with Gasteiger partial charge in [0, 0.05) is 48.4 Å². The lowest BCUT2D eigenvalue weighted by molar-refractivity contribution is 0.0675. The Morgan fingerprint density at radius 1 is 1.06 bits per heavy atom. The average molecular weight is 932 g/mol. The maximum absolute atomic E-state index is 13.1. The van der Waals surface area contributed by atoms with Gasteiger partial charge in [0.1, 0.15) is 29.3 Å². The highest BCUT2D eigenvalue weighted by molar-refractivity contribution is 5.98. The van der Waals surface area contributed by atoms with Crippen LogP contribution in [0.25, 0.3) is 16.8 Å². The predicted molar refractivity (Wildman–Crippen MR) is 244 cm³/mol. The summed E-state index contributed by atoms with van der Waals surface area (Å²) < 4.78 is 47.6. The molecule has 5 aromatic heterocycles. The number of aliphatic imine (C=N–C) groups is 2. The first-order valence-corrected chi connectivity index (χ1v) is 22.3. The number of nitrogens with one attached hydrogen (secondary N) is 3. The SMILES string of the molecule is C1CCCC1.CC1(NC(=O)O)CC1.Cn1cc(-c2cn3nccc3c(N=C(N)/C=C\C(C)(C)n3nc(OCC(F)F)cc3C(N)=Nc3cc(C4CC(OC(=O)NC5(C)CC5)CO4)[nH]n3)n2)cn1. The third-order valence-corrected chi connectivity index (χ3v) is 11.6. The summed E-state index contributed by atoms with van der Waals surface area (Å²) in [5, 5.41) is 33.6. The van der Waals surface area contributed by atoms with E-state index in [1.54, 1.807) is 52.1 Å². The number of carboxylic acid groups (broad SMARTS) is 1. The van der Waals surface area contributed by atoms with E-state index < -0.39 is 43.0 Å². The zero-order valence-corrected chi connectivity index (χ0v) is 38.3.